The molecule has 2 N–H and O–H groups in total. The minimum absolute atomic E-state index is 0.531. The van der Waals surface area contributed by atoms with Gasteiger partial charge in [-0.1, -0.05) is 30.3 Å². The Bertz CT molecular complexity index is 581. The maximum atomic E-state index is 4.68. The van der Waals surface area contributed by atoms with Crippen LogP contribution >= 0.6 is 0 Å². The van der Waals surface area contributed by atoms with Gasteiger partial charge in [0, 0.05) is 43.2 Å². The number of rotatable bonds is 5. The van der Waals surface area contributed by atoms with Crippen LogP contribution in [0.5, 0.6) is 0 Å². The first-order chi connectivity index (χ1) is 11.7. The highest BCUT2D eigenvalue weighted by Gasteiger charge is 2.41. The van der Waals surface area contributed by atoms with Crippen molar-refractivity contribution in [3.05, 3.63) is 35.9 Å². The van der Waals surface area contributed by atoms with Crippen LogP contribution in [-0.4, -0.2) is 48.1 Å². The molecule has 1 heterocycles. The standard InChI is InChI=1S/C20H30N4/c1-3-21-20(22-16-11-14(2)24(13-16)17-9-10-17)23-19-12-18(19)15-7-5-4-6-8-15/h4-8,14,16-19H,3,9-13H2,1-2H3,(H2,21,22,23). The van der Waals surface area contributed by atoms with Crippen molar-refractivity contribution < 1.29 is 0 Å². The molecule has 0 radical (unpaired) electrons. The van der Waals surface area contributed by atoms with E-state index in [1.807, 2.05) is 0 Å². The molecule has 0 spiro atoms. The van der Waals surface area contributed by atoms with Gasteiger partial charge in [0.05, 0.1) is 0 Å². The van der Waals surface area contributed by atoms with Crippen molar-refractivity contribution in [1.82, 2.24) is 15.5 Å². The van der Waals surface area contributed by atoms with Crippen molar-refractivity contribution in [3.8, 4) is 0 Å². The number of aliphatic imine (C=N–C) groups is 1. The van der Waals surface area contributed by atoms with Gasteiger partial charge in [-0.3, -0.25) is 9.89 Å². The monoisotopic (exact) mass is 326 g/mol. The van der Waals surface area contributed by atoms with Crippen LogP contribution in [0.2, 0.25) is 0 Å². The first kappa shape index (κ1) is 15.9. The van der Waals surface area contributed by atoms with Crippen LogP contribution in [0.3, 0.4) is 0 Å². The van der Waals surface area contributed by atoms with Gasteiger partial charge in [-0.25, -0.2) is 0 Å². The number of benzene rings is 1. The summed E-state index contributed by atoms with van der Waals surface area (Å²) < 4.78 is 0. The van der Waals surface area contributed by atoms with E-state index in [9.17, 15) is 0 Å². The molecule has 1 aliphatic heterocycles. The maximum Gasteiger partial charge on any atom is 0.191 e. The lowest BCUT2D eigenvalue weighted by Crippen LogP contribution is -2.45. The first-order valence-electron chi connectivity index (χ1n) is 9.62. The molecule has 1 saturated heterocycles. The van der Waals surface area contributed by atoms with Crippen LogP contribution in [0.25, 0.3) is 0 Å². The zero-order valence-electron chi connectivity index (χ0n) is 14.9. The Balaban J connectivity index is 1.32. The quantitative estimate of drug-likeness (QED) is 0.646. The number of likely N-dealkylation sites (tertiary alicyclic amines) is 1. The third kappa shape index (κ3) is 3.59. The minimum Gasteiger partial charge on any atom is -0.353 e. The molecule has 4 heteroatoms. The van der Waals surface area contributed by atoms with E-state index < -0.39 is 0 Å². The van der Waals surface area contributed by atoms with Crippen LogP contribution < -0.4 is 10.6 Å². The van der Waals surface area contributed by atoms with E-state index in [1.165, 1.54) is 37.8 Å². The Hall–Kier alpha value is -1.55. The third-order valence-electron chi connectivity index (χ3n) is 5.64. The van der Waals surface area contributed by atoms with E-state index in [4.69, 9.17) is 0 Å². The van der Waals surface area contributed by atoms with Crippen LogP contribution in [0, 0.1) is 0 Å². The van der Waals surface area contributed by atoms with Gasteiger partial charge >= 0.3 is 0 Å². The van der Waals surface area contributed by atoms with Gasteiger partial charge in [0.1, 0.15) is 0 Å². The van der Waals surface area contributed by atoms with Crippen molar-refractivity contribution >= 4 is 5.96 Å². The van der Waals surface area contributed by atoms with Crippen molar-refractivity contribution in [3.63, 3.8) is 0 Å². The summed E-state index contributed by atoms with van der Waals surface area (Å²) in [6.07, 6.45) is 5.23. The molecule has 3 aliphatic rings. The fraction of sp³-hybridized carbons (Fsp3) is 0.650. The van der Waals surface area contributed by atoms with Crippen LogP contribution in [0.15, 0.2) is 35.3 Å². The minimum atomic E-state index is 0.531. The highest BCUT2D eigenvalue weighted by atomic mass is 15.3. The SMILES string of the molecule is CCN=C(NC1CC(C)N(C2CC2)C1)NC1CC1c1ccccc1. The normalized spacial score (nSPS) is 33.5. The van der Waals surface area contributed by atoms with Gasteiger partial charge < -0.3 is 10.6 Å². The number of nitrogens with one attached hydrogen (secondary N) is 2. The van der Waals surface area contributed by atoms with E-state index in [1.54, 1.807) is 0 Å². The molecule has 1 aromatic carbocycles. The molecule has 0 amide bonds. The Labute approximate surface area is 145 Å². The van der Waals surface area contributed by atoms with E-state index in [0.29, 0.717) is 24.0 Å². The number of hydrogen-bond donors (Lipinski definition) is 2. The number of hydrogen-bond acceptors (Lipinski definition) is 2. The summed E-state index contributed by atoms with van der Waals surface area (Å²) in [6, 6.07) is 13.5. The van der Waals surface area contributed by atoms with E-state index in [-0.39, 0.29) is 0 Å². The molecule has 4 atom stereocenters. The second-order valence-corrected chi connectivity index (χ2v) is 7.68. The smallest absolute Gasteiger partial charge is 0.191 e. The van der Waals surface area contributed by atoms with E-state index >= 15 is 0 Å². The number of nitrogens with zero attached hydrogens (tertiary/aromatic N) is 2. The topological polar surface area (TPSA) is 39.7 Å². The Morgan fingerprint density at radius 1 is 1.17 bits per heavy atom. The predicted octanol–water partition coefficient (Wildman–Crippen LogP) is 2.72. The highest BCUT2D eigenvalue weighted by Crippen LogP contribution is 2.40. The molecule has 2 saturated carbocycles. The average molecular weight is 326 g/mol. The molecule has 4 rings (SSSR count). The Morgan fingerprint density at radius 2 is 1.96 bits per heavy atom. The van der Waals surface area contributed by atoms with Crippen molar-refractivity contribution in [2.75, 3.05) is 13.1 Å². The molecule has 130 valence electrons. The second kappa shape index (κ2) is 6.75. The summed E-state index contributed by atoms with van der Waals surface area (Å²) in [6.45, 7) is 6.48. The molecule has 2 aliphatic carbocycles. The fourth-order valence-corrected chi connectivity index (χ4v) is 4.16. The molecule has 1 aromatic rings. The molecule has 0 bridgehead atoms. The molecule has 4 nitrogen and oxygen atoms in total. The predicted molar refractivity (Wildman–Crippen MR) is 99.4 cm³/mol. The van der Waals surface area contributed by atoms with Crippen molar-refractivity contribution in [2.24, 2.45) is 4.99 Å². The summed E-state index contributed by atoms with van der Waals surface area (Å²) in [5, 5.41) is 7.36. The summed E-state index contributed by atoms with van der Waals surface area (Å²) in [5.74, 6) is 1.65. The number of guanidine groups is 1. The van der Waals surface area contributed by atoms with Gasteiger partial charge in [-0.15, -0.1) is 0 Å². The van der Waals surface area contributed by atoms with E-state index in [2.05, 4.69) is 64.7 Å². The van der Waals surface area contributed by atoms with Crippen LogP contribution in [0.4, 0.5) is 0 Å². The fourth-order valence-electron chi connectivity index (χ4n) is 4.16. The second-order valence-electron chi connectivity index (χ2n) is 7.68. The lowest BCUT2D eigenvalue weighted by atomic mass is 10.1. The molecule has 4 unspecified atom stereocenters. The van der Waals surface area contributed by atoms with Crippen molar-refractivity contribution in [1.29, 1.82) is 0 Å². The molecule has 24 heavy (non-hydrogen) atoms. The zero-order valence-corrected chi connectivity index (χ0v) is 14.9. The van der Waals surface area contributed by atoms with Gasteiger partial charge in [-0.05, 0) is 45.1 Å². The molecule has 3 fully saturated rings. The lowest BCUT2D eigenvalue weighted by molar-refractivity contribution is 0.256. The first-order valence-corrected chi connectivity index (χ1v) is 9.62. The van der Waals surface area contributed by atoms with Crippen molar-refractivity contribution in [2.45, 2.75) is 69.6 Å². The summed E-state index contributed by atoms with van der Waals surface area (Å²) in [5.41, 5.74) is 1.44. The van der Waals surface area contributed by atoms with E-state index in [0.717, 1.165) is 18.5 Å². The highest BCUT2D eigenvalue weighted by molar-refractivity contribution is 5.81. The Morgan fingerprint density at radius 3 is 2.67 bits per heavy atom. The summed E-state index contributed by atoms with van der Waals surface area (Å²) in [4.78, 5) is 7.37. The van der Waals surface area contributed by atoms with Gasteiger partial charge in [0.2, 0.25) is 0 Å². The summed E-state index contributed by atoms with van der Waals surface area (Å²) >= 11 is 0. The van der Waals surface area contributed by atoms with Gasteiger partial charge in [0.25, 0.3) is 0 Å². The van der Waals surface area contributed by atoms with Crippen LogP contribution in [0.1, 0.15) is 51.0 Å². The largest absolute Gasteiger partial charge is 0.353 e. The van der Waals surface area contributed by atoms with Crippen LogP contribution in [-0.2, 0) is 0 Å². The molecular weight excluding hydrogens is 296 g/mol. The third-order valence-corrected chi connectivity index (χ3v) is 5.64. The van der Waals surface area contributed by atoms with Gasteiger partial charge in [-0.2, -0.15) is 0 Å². The molecular formula is C20H30N4. The summed E-state index contributed by atoms with van der Waals surface area (Å²) in [7, 11) is 0. The zero-order chi connectivity index (χ0) is 16.5. The molecule has 0 aromatic heterocycles. The average Bonchev–Trinajstić information content (AvgIpc) is 3.49. The Kier molecular flexibility index (Phi) is 4.49. The maximum absolute atomic E-state index is 4.68. The van der Waals surface area contributed by atoms with Gasteiger partial charge in [0.15, 0.2) is 5.96 Å². The lowest BCUT2D eigenvalue weighted by Gasteiger charge is -2.20.